The second kappa shape index (κ2) is 8.94. The number of amides is 1. The Morgan fingerprint density at radius 1 is 0.926 bits per heavy atom. The first kappa shape index (κ1) is 18.6. The topological polar surface area (TPSA) is 49.3 Å². The van der Waals surface area contributed by atoms with Crippen LogP contribution in [-0.2, 0) is 13.0 Å². The van der Waals surface area contributed by atoms with Crippen LogP contribution in [-0.4, -0.2) is 41.4 Å². The fourth-order valence-corrected chi connectivity index (χ4v) is 2.87. The number of pyridine rings is 2. The average molecular weight is 360 g/mol. The number of aromatic nitrogens is 2. The van der Waals surface area contributed by atoms with Crippen molar-refractivity contribution < 1.29 is 4.79 Å². The average Bonchev–Trinajstić information content (AvgIpc) is 2.73. The van der Waals surface area contributed by atoms with Crippen molar-refractivity contribution in [1.82, 2.24) is 14.9 Å². The largest absolute Gasteiger partial charge is 0.359 e. The molecule has 0 aliphatic heterocycles. The van der Waals surface area contributed by atoms with Crippen LogP contribution in [0.5, 0.6) is 0 Å². The van der Waals surface area contributed by atoms with Crippen LogP contribution >= 0.6 is 0 Å². The molecule has 0 atom stereocenters. The predicted octanol–water partition coefficient (Wildman–Crippen LogP) is 3.43. The second-order valence-corrected chi connectivity index (χ2v) is 6.58. The predicted molar refractivity (Wildman–Crippen MR) is 108 cm³/mol. The van der Waals surface area contributed by atoms with Gasteiger partial charge in [0.15, 0.2) is 0 Å². The van der Waals surface area contributed by atoms with Gasteiger partial charge >= 0.3 is 0 Å². The van der Waals surface area contributed by atoms with Crippen LogP contribution in [0.2, 0.25) is 0 Å². The van der Waals surface area contributed by atoms with E-state index in [0.29, 0.717) is 12.1 Å². The number of rotatable bonds is 7. The van der Waals surface area contributed by atoms with Crippen molar-refractivity contribution in [3.63, 3.8) is 0 Å². The Labute approximate surface area is 160 Å². The van der Waals surface area contributed by atoms with Gasteiger partial charge < -0.3 is 9.80 Å². The maximum Gasteiger partial charge on any atom is 0.254 e. The first-order chi connectivity index (χ1) is 13.1. The van der Waals surface area contributed by atoms with Crippen molar-refractivity contribution in [1.29, 1.82) is 0 Å². The lowest BCUT2D eigenvalue weighted by Gasteiger charge is -2.20. The SMILES string of the molecule is CN(Cc1ccccc1)C(=O)c1ccnc(N(C)CCc2ccncc2)c1. The maximum atomic E-state index is 12.8. The quantitative estimate of drug-likeness (QED) is 0.648. The summed E-state index contributed by atoms with van der Waals surface area (Å²) in [6.45, 7) is 1.39. The number of hydrogen-bond acceptors (Lipinski definition) is 4. The van der Waals surface area contributed by atoms with Crippen LogP contribution in [0.4, 0.5) is 5.82 Å². The van der Waals surface area contributed by atoms with Gasteiger partial charge in [0.2, 0.25) is 0 Å². The number of nitrogens with zero attached hydrogens (tertiary/aromatic N) is 4. The van der Waals surface area contributed by atoms with E-state index in [0.717, 1.165) is 24.3 Å². The van der Waals surface area contributed by atoms with Gasteiger partial charge in [0.05, 0.1) is 0 Å². The molecule has 2 heterocycles. The number of hydrogen-bond donors (Lipinski definition) is 0. The second-order valence-electron chi connectivity index (χ2n) is 6.58. The monoisotopic (exact) mass is 360 g/mol. The summed E-state index contributed by atoms with van der Waals surface area (Å²) in [7, 11) is 3.81. The highest BCUT2D eigenvalue weighted by molar-refractivity contribution is 5.94. The zero-order chi connectivity index (χ0) is 19.1. The summed E-state index contributed by atoms with van der Waals surface area (Å²) >= 11 is 0. The van der Waals surface area contributed by atoms with E-state index < -0.39 is 0 Å². The van der Waals surface area contributed by atoms with Crippen molar-refractivity contribution in [2.45, 2.75) is 13.0 Å². The van der Waals surface area contributed by atoms with Crippen molar-refractivity contribution in [3.05, 3.63) is 89.9 Å². The minimum atomic E-state index is -0.00923. The van der Waals surface area contributed by atoms with Gasteiger partial charge in [-0.1, -0.05) is 30.3 Å². The van der Waals surface area contributed by atoms with E-state index in [1.54, 1.807) is 29.6 Å². The van der Waals surface area contributed by atoms with Crippen LogP contribution in [0, 0.1) is 0 Å². The zero-order valence-electron chi connectivity index (χ0n) is 15.7. The summed E-state index contributed by atoms with van der Waals surface area (Å²) in [5.74, 6) is 0.785. The molecular formula is C22H24N4O. The molecule has 0 unspecified atom stereocenters. The summed E-state index contributed by atoms with van der Waals surface area (Å²) in [6, 6.07) is 17.6. The number of likely N-dealkylation sites (N-methyl/N-ethyl adjacent to an activating group) is 1. The van der Waals surface area contributed by atoms with Gasteiger partial charge in [-0.25, -0.2) is 4.98 Å². The third-order valence-electron chi connectivity index (χ3n) is 4.48. The van der Waals surface area contributed by atoms with Gasteiger partial charge in [-0.3, -0.25) is 9.78 Å². The molecule has 0 spiro atoms. The van der Waals surface area contributed by atoms with E-state index in [2.05, 4.69) is 14.9 Å². The van der Waals surface area contributed by atoms with E-state index in [1.807, 2.05) is 62.6 Å². The number of anilines is 1. The smallest absolute Gasteiger partial charge is 0.254 e. The molecule has 5 heteroatoms. The molecule has 5 nitrogen and oxygen atoms in total. The summed E-state index contributed by atoms with van der Waals surface area (Å²) < 4.78 is 0. The van der Waals surface area contributed by atoms with Crippen LogP contribution in [0.25, 0.3) is 0 Å². The van der Waals surface area contributed by atoms with E-state index in [-0.39, 0.29) is 5.91 Å². The third-order valence-corrected chi connectivity index (χ3v) is 4.48. The lowest BCUT2D eigenvalue weighted by Crippen LogP contribution is -2.27. The van der Waals surface area contributed by atoms with Crippen LogP contribution in [0.1, 0.15) is 21.5 Å². The number of benzene rings is 1. The lowest BCUT2D eigenvalue weighted by molar-refractivity contribution is 0.0785. The number of carbonyl (C=O) groups is 1. The fraction of sp³-hybridized carbons (Fsp3) is 0.227. The molecular weight excluding hydrogens is 336 g/mol. The summed E-state index contributed by atoms with van der Waals surface area (Å²) in [5, 5.41) is 0. The minimum Gasteiger partial charge on any atom is -0.359 e. The van der Waals surface area contributed by atoms with Crippen LogP contribution in [0.15, 0.2) is 73.2 Å². The van der Waals surface area contributed by atoms with Gasteiger partial charge in [0.1, 0.15) is 5.82 Å². The Kier molecular flexibility index (Phi) is 6.15. The first-order valence-electron chi connectivity index (χ1n) is 8.99. The summed E-state index contributed by atoms with van der Waals surface area (Å²) in [4.78, 5) is 25.0. The molecule has 0 radical (unpaired) electrons. The van der Waals surface area contributed by atoms with Gasteiger partial charge in [-0.15, -0.1) is 0 Å². The molecule has 3 aromatic rings. The molecule has 3 rings (SSSR count). The Balaban J connectivity index is 1.64. The molecule has 1 aromatic carbocycles. The normalized spacial score (nSPS) is 10.4. The van der Waals surface area contributed by atoms with E-state index in [1.165, 1.54) is 5.56 Å². The van der Waals surface area contributed by atoms with Gasteiger partial charge in [0, 0.05) is 51.3 Å². The Hall–Kier alpha value is -3.21. The van der Waals surface area contributed by atoms with Crippen molar-refractivity contribution in [2.24, 2.45) is 0 Å². The highest BCUT2D eigenvalue weighted by Gasteiger charge is 2.14. The summed E-state index contributed by atoms with van der Waals surface area (Å²) in [6.07, 6.45) is 6.19. The maximum absolute atomic E-state index is 12.8. The molecule has 0 N–H and O–H groups in total. The summed E-state index contributed by atoms with van der Waals surface area (Å²) in [5.41, 5.74) is 2.98. The van der Waals surface area contributed by atoms with E-state index in [4.69, 9.17) is 0 Å². The van der Waals surface area contributed by atoms with Crippen LogP contribution < -0.4 is 4.90 Å². The molecule has 27 heavy (non-hydrogen) atoms. The van der Waals surface area contributed by atoms with E-state index >= 15 is 0 Å². The molecule has 0 aliphatic carbocycles. The van der Waals surface area contributed by atoms with Crippen molar-refractivity contribution in [2.75, 3.05) is 25.5 Å². The molecule has 0 saturated carbocycles. The van der Waals surface area contributed by atoms with Gasteiger partial charge in [-0.2, -0.15) is 0 Å². The zero-order valence-corrected chi connectivity index (χ0v) is 15.7. The highest BCUT2D eigenvalue weighted by Crippen LogP contribution is 2.15. The Bertz CT molecular complexity index is 868. The van der Waals surface area contributed by atoms with E-state index in [9.17, 15) is 4.79 Å². The first-order valence-corrected chi connectivity index (χ1v) is 8.99. The van der Waals surface area contributed by atoms with Crippen molar-refractivity contribution in [3.8, 4) is 0 Å². The molecule has 1 amide bonds. The molecule has 0 bridgehead atoms. The molecule has 138 valence electrons. The fourth-order valence-electron chi connectivity index (χ4n) is 2.87. The Morgan fingerprint density at radius 2 is 1.67 bits per heavy atom. The third kappa shape index (κ3) is 5.14. The lowest BCUT2D eigenvalue weighted by atomic mass is 10.1. The van der Waals surface area contributed by atoms with Crippen molar-refractivity contribution >= 4 is 11.7 Å². The minimum absolute atomic E-state index is 0.00923. The molecule has 0 aliphatic rings. The highest BCUT2D eigenvalue weighted by atomic mass is 16.2. The van der Waals surface area contributed by atoms with Gasteiger partial charge in [-0.05, 0) is 41.8 Å². The molecule has 0 fully saturated rings. The molecule has 2 aromatic heterocycles. The van der Waals surface area contributed by atoms with Crippen LogP contribution in [0.3, 0.4) is 0 Å². The number of carbonyl (C=O) groups excluding carboxylic acids is 1. The molecule has 0 saturated heterocycles. The Morgan fingerprint density at radius 3 is 2.41 bits per heavy atom. The standard InChI is InChI=1S/C22H24N4O/c1-25(15-11-18-8-12-23-13-9-18)21-16-20(10-14-24-21)22(27)26(2)17-19-6-4-3-5-7-19/h3-10,12-14,16H,11,15,17H2,1-2H3. The van der Waals surface area contributed by atoms with Gasteiger partial charge in [0.25, 0.3) is 5.91 Å².